The van der Waals surface area contributed by atoms with Gasteiger partial charge in [0.2, 0.25) is 0 Å². The number of ether oxygens (including phenoxy) is 1. The maximum absolute atomic E-state index is 12.2. The first kappa shape index (κ1) is 15.0. The number of piperidine rings is 1. The van der Waals surface area contributed by atoms with Gasteiger partial charge in [-0.2, -0.15) is 0 Å². The zero-order valence-electron chi connectivity index (χ0n) is 12.7. The molecule has 110 valence electrons. The van der Waals surface area contributed by atoms with Gasteiger partial charge in [0.15, 0.2) is 0 Å². The van der Waals surface area contributed by atoms with Gasteiger partial charge in [-0.1, -0.05) is 0 Å². The summed E-state index contributed by atoms with van der Waals surface area (Å²) >= 11 is 0. The van der Waals surface area contributed by atoms with Crippen molar-refractivity contribution in [3.05, 3.63) is 23.0 Å². The highest BCUT2D eigenvalue weighted by Crippen LogP contribution is 2.25. The molecule has 0 bridgehead atoms. The van der Waals surface area contributed by atoms with Gasteiger partial charge in [-0.25, -0.2) is 0 Å². The summed E-state index contributed by atoms with van der Waals surface area (Å²) in [7, 11) is 1.66. The van der Waals surface area contributed by atoms with Gasteiger partial charge in [0, 0.05) is 30.2 Å². The summed E-state index contributed by atoms with van der Waals surface area (Å²) in [5.74, 6) is 1.68. The van der Waals surface area contributed by atoms with Crippen LogP contribution in [0.2, 0.25) is 0 Å². The highest BCUT2D eigenvalue weighted by Gasteiger charge is 2.18. The molecule has 1 aliphatic rings. The molecule has 0 atom stereocenters. The normalized spacial score (nSPS) is 16.1. The van der Waals surface area contributed by atoms with Gasteiger partial charge in [0.25, 0.3) is 0 Å². The fourth-order valence-corrected chi connectivity index (χ4v) is 2.92. The predicted octanol–water partition coefficient (Wildman–Crippen LogP) is 2.21. The molecule has 1 fully saturated rings. The number of Topliss-reactive ketones (excluding diaryl/α,β-unsaturated/α-hetero) is 1. The number of hydrogen-bond acceptors (Lipinski definition) is 4. The van der Waals surface area contributed by atoms with E-state index >= 15 is 0 Å². The van der Waals surface area contributed by atoms with Crippen LogP contribution >= 0.6 is 0 Å². The van der Waals surface area contributed by atoms with Crippen molar-refractivity contribution in [2.75, 3.05) is 20.2 Å². The highest BCUT2D eigenvalue weighted by molar-refractivity contribution is 5.81. The average molecular weight is 276 g/mol. The van der Waals surface area contributed by atoms with E-state index < -0.39 is 0 Å². The molecule has 0 amide bonds. The Balaban J connectivity index is 2.00. The number of rotatable bonds is 5. The first-order chi connectivity index (χ1) is 9.61. The smallest absolute Gasteiger partial charge is 0.139 e. The fraction of sp³-hybridized carbons (Fsp3) is 0.625. The van der Waals surface area contributed by atoms with Gasteiger partial charge in [-0.3, -0.25) is 9.78 Å². The van der Waals surface area contributed by atoms with Gasteiger partial charge >= 0.3 is 0 Å². The van der Waals surface area contributed by atoms with E-state index in [0.717, 1.165) is 48.5 Å². The first-order valence-corrected chi connectivity index (χ1v) is 7.33. The van der Waals surface area contributed by atoms with E-state index in [1.54, 1.807) is 13.3 Å². The number of nitrogens with one attached hydrogen (secondary N) is 1. The Hall–Kier alpha value is -1.42. The topological polar surface area (TPSA) is 51.2 Å². The van der Waals surface area contributed by atoms with Gasteiger partial charge in [-0.05, 0) is 45.7 Å². The van der Waals surface area contributed by atoms with E-state index in [1.165, 1.54) is 0 Å². The van der Waals surface area contributed by atoms with Crippen molar-refractivity contribution in [3.8, 4) is 5.75 Å². The predicted molar refractivity (Wildman–Crippen MR) is 79.2 cm³/mol. The molecular formula is C16H24N2O2. The van der Waals surface area contributed by atoms with Crippen LogP contribution in [-0.2, 0) is 11.2 Å². The molecule has 0 saturated carbocycles. The summed E-state index contributed by atoms with van der Waals surface area (Å²) in [6.45, 7) is 6.02. The summed E-state index contributed by atoms with van der Waals surface area (Å²) < 4.78 is 5.39. The number of aryl methyl sites for hydroxylation is 1. The summed E-state index contributed by atoms with van der Waals surface area (Å²) in [4.78, 5) is 16.6. The Morgan fingerprint density at radius 1 is 1.40 bits per heavy atom. The Bertz CT molecular complexity index is 480. The Morgan fingerprint density at radius 3 is 2.75 bits per heavy atom. The van der Waals surface area contributed by atoms with Crippen molar-refractivity contribution in [3.63, 3.8) is 0 Å². The first-order valence-electron chi connectivity index (χ1n) is 7.33. The average Bonchev–Trinajstić information content (AvgIpc) is 2.44. The van der Waals surface area contributed by atoms with E-state index in [9.17, 15) is 4.79 Å². The summed E-state index contributed by atoms with van der Waals surface area (Å²) in [5.41, 5.74) is 2.86. The van der Waals surface area contributed by atoms with Crippen LogP contribution in [-0.4, -0.2) is 31.0 Å². The molecule has 4 heteroatoms. The van der Waals surface area contributed by atoms with Crippen LogP contribution in [0.1, 0.15) is 36.1 Å². The molecule has 2 heterocycles. The number of carbonyl (C=O) groups is 1. The molecule has 1 aromatic rings. The summed E-state index contributed by atoms with van der Waals surface area (Å²) in [6, 6.07) is 0. The van der Waals surface area contributed by atoms with E-state index in [1.807, 2.05) is 13.8 Å². The SMILES string of the molecule is COc1c(C)cnc(CC(=O)CC2CCNCC2)c1C. The van der Waals surface area contributed by atoms with Crippen LogP contribution in [0.25, 0.3) is 0 Å². The van der Waals surface area contributed by atoms with Crippen molar-refractivity contribution in [2.45, 2.75) is 39.5 Å². The molecule has 0 spiro atoms. The molecule has 1 saturated heterocycles. The van der Waals surface area contributed by atoms with Gasteiger partial charge in [-0.15, -0.1) is 0 Å². The van der Waals surface area contributed by atoms with Crippen LogP contribution < -0.4 is 10.1 Å². The quantitative estimate of drug-likeness (QED) is 0.896. The summed E-state index contributed by atoms with van der Waals surface area (Å²) in [5, 5.41) is 3.33. The Labute approximate surface area is 120 Å². The second-order valence-electron chi connectivity index (χ2n) is 5.66. The van der Waals surface area contributed by atoms with E-state index in [4.69, 9.17) is 4.74 Å². The van der Waals surface area contributed by atoms with Crippen molar-refractivity contribution in [2.24, 2.45) is 5.92 Å². The number of nitrogens with zero attached hydrogens (tertiary/aromatic N) is 1. The van der Waals surface area contributed by atoms with Gasteiger partial charge < -0.3 is 10.1 Å². The van der Waals surface area contributed by atoms with Crippen LogP contribution in [0.15, 0.2) is 6.20 Å². The van der Waals surface area contributed by atoms with Crippen LogP contribution in [0.4, 0.5) is 0 Å². The molecular weight excluding hydrogens is 252 g/mol. The third-order valence-electron chi connectivity index (χ3n) is 4.09. The molecule has 0 aliphatic carbocycles. The summed E-state index contributed by atoms with van der Waals surface area (Å²) in [6.07, 6.45) is 5.11. The van der Waals surface area contributed by atoms with Gasteiger partial charge in [0.1, 0.15) is 11.5 Å². The molecule has 0 unspecified atom stereocenters. The van der Waals surface area contributed by atoms with E-state index in [2.05, 4.69) is 10.3 Å². The highest BCUT2D eigenvalue weighted by atomic mass is 16.5. The van der Waals surface area contributed by atoms with Crippen LogP contribution in [0, 0.1) is 19.8 Å². The number of aromatic nitrogens is 1. The lowest BCUT2D eigenvalue weighted by atomic mass is 9.91. The van der Waals surface area contributed by atoms with Crippen molar-refractivity contribution >= 4 is 5.78 Å². The molecule has 1 aromatic heterocycles. The minimum Gasteiger partial charge on any atom is -0.496 e. The minimum atomic E-state index is 0.290. The molecule has 20 heavy (non-hydrogen) atoms. The van der Waals surface area contributed by atoms with Crippen LogP contribution in [0.5, 0.6) is 5.75 Å². The molecule has 0 aromatic carbocycles. The lowest BCUT2D eigenvalue weighted by molar-refractivity contribution is -0.119. The second kappa shape index (κ2) is 6.84. The number of hydrogen-bond donors (Lipinski definition) is 1. The fourth-order valence-electron chi connectivity index (χ4n) is 2.92. The monoisotopic (exact) mass is 276 g/mol. The van der Waals surface area contributed by atoms with E-state index in [0.29, 0.717) is 24.5 Å². The number of carbonyl (C=O) groups excluding carboxylic acids is 1. The Kier molecular flexibility index (Phi) is 5.12. The zero-order chi connectivity index (χ0) is 14.5. The maximum Gasteiger partial charge on any atom is 0.139 e. The largest absolute Gasteiger partial charge is 0.496 e. The molecule has 1 aliphatic heterocycles. The van der Waals surface area contributed by atoms with E-state index in [-0.39, 0.29) is 0 Å². The lowest BCUT2D eigenvalue weighted by Crippen LogP contribution is -2.29. The zero-order valence-corrected chi connectivity index (χ0v) is 12.7. The standard InChI is InChI=1S/C16H24N2O2/c1-11-10-18-15(12(2)16(11)20-3)9-14(19)8-13-4-6-17-7-5-13/h10,13,17H,4-9H2,1-3H3. The number of ketones is 1. The molecule has 0 radical (unpaired) electrons. The number of methoxy groups -OCH3 is 1. The number of pyridine rings is 1. The second-order valence-corrected chi connectivity index (χ2v) is 5.66. The third-order valence-corrected chi connectivity index (χ3v) is 4.09. The van der Waals surface area contributed by atoms with Gasteiger partial charge in [0.05, 0.1) is 12.8 Å². The molecule has 4 nitrogen and oxygen atoms in total. The Morgan fingerprint density at radius 2 is 2.10 bits per heavy atom. The third kappa shape index (κ3) is 3.57. The minimum absolute atomic E-state index is 0.290. The lowest BCUT2D eigenvalue weighted by Gasteiger charge is -2.21. The maximum atomic E-state index is 12.2. The van der Waals surface area contributed by atoms with Crippen molar-refractivity contribution < 1.29 is 9.53 Å². The molecule has 1 N–H and O–H groups in total. The van der Waals surface area contributed by atoms with Crippen molar-refractivity contribution in [1.82, 2.24) is 10.3 Å². The van der Waals surface area contributed by atoms with Crippen molar-refractivity contribution in [1.29, 1.82) is 0 Å². The molecule has 2 rings (SSSR count). The van der Waals surface area contributed by atoms with Crippen LogP contribution in [0.3, 0.4) is 0 Å².